The molecule has 1 heterocycles. The average molecular weight is 368 g/mol. The molecular weight excluding hydrogens is 348 g/mol. The first-order valence-electron chi connectivity index (χ1n) is 8.29. The first-order chi connectivity index (χ1) is 12.7. The topological polar surface area (TPSA) is 79.4 Å². The Balaban J connectivity index is 1.53. The van der Waals surface area contributed by atoms with Crippen LogP contribution in [0.15, 0.2) is 58.8 Å². The summed E-state index contributed by atoms with van der Waals surface area (Å²) >= 11 is 1.34. The second kappa shape index (κ2) is 8.53. The normalized spacial score (nSPS) is 11.5. The standard InChI is InChI=1S/C19H20N4O2S/c1-3-25-15-10-8-14(9-11-15)13(2)22-23-18(24)12-26-19-20-16-6-4-5-7-17(16)21-19/h4-11H,3,12H2,1-2H3,(H,20,21)(H,23,24)/b22-13-. The summed E-state index contributed by atoms with van der Waals surface area (Å²) in [6, 6.07) is 15.4. The molecule has 3 rings (SSSR count). The number of amides is 1. The number of hydrogen-bond donors (Lipinski definition) is 2. The van der Waals surface area contributed by atoms with E-state index in [4.69, 9.17) is 4.74 Å². The van der Waals surface area contributed by atoms with E-state index in [-0.39, 0.29) is 11.7 Å². The summed E-state index contributed by atoms with van der Waals surface area (Å²) in [4.78, 5) is 19.6. The van der Waals surface area contributed by atoms with Crippen LogP contribution in [-0.4, -0.2) is 33.9 Å². The Morgan fingerprint density at radius 1 is 1.23 bits per heavy atom. The molecule has 0 aliphatic heterocycles. The lowest BCUT2D eigenvalue weighted by molar-refractivity contribution is -0.118. The van der Waals surface area contributed by atoms with Gasteiger partial charge in [0.05, 0.1) is 29.1 Å². The fraction of sp³-hybridized carbons (Fsp3) is 0.211. The molecule has 2 aromatic carbocycles. The van der Waals surface area contributed by atoms with E-state index in [0.717, 1.165) is 28.1 Å². The number of carbonyl (C=O) groups is 1. The predicted molar refractivity (Wildman–Crippen MR) is 105 cm³/mol. The number of H-pyrrole nitrogens is 1. The molecule has 0 aliphatic carbocycles. The molecule has 0 saturated heterocycles. The Morgan fingerprint density at radius 2 is 2.00 bits per heavy atom. The van der Waals surface area contributed by atoms with Crippen molar-refractivity contribution in [1.29, 1.82) is 0 Å². The van der Waals surface area contributed by atoms with E-state index < -0.39 is 0 Å². The van der Waals surface area contributed by atoms with E-state index in [1.54, 1.807) is 0 Å². The molecular formula is C19H20N4O2S. The van der Waals surface area contributed by atoms with Crippen LogP contribution in [0.25, 0.3) is 11.0 Å². The van der Waals surface area contributed by atoms with Gasteiger partial charge in [0.2, 0.25) is 0 Å². The van der Waals surface area contributed by atoms with Gasteiger partial charge in [0.1, 0.15) is 5.75 Å². The zero-order valence-electron chi connectivity index (χ0n) is 14.7. The minimum absolute atomic E-state index is 0.180. The van der Waals surface area contributed by atoms with Gasteiger partial charge < -0.3 is 9.72 Å². The quantitative estimate of drug-likeness (QED) is 0.379. The van der Waals surface area contributed by atoms with Crippen molar-refractivity contribution in [3.63, 3.8) is 0 Å². The molecule has 0 saturated carbocycles. The van der Waals surface area contributed by atoms with Gasteiger partial charge in [0.25, 0.3) is 5.91 Å². The lowest BCUT2D eigenvalue weighted by atomic mass is 10.1. The Morgan fingerprint density at radius 3 is 2.73 bits per heavy atom. The van der Waals surface area contributed by atoms with Gasteiger partial charge in [-0.1, -0.05) is 23.9 Å². The van der Waals surface area contributed by atoms with E-state index >= 15 is 0 Å². The predicted octanol–water partition coefficient (Wildman–Crippen LogP) is 3.59. The maximum atomic E-state index is 12.0. The van der Waals surface area contributed by atoms with Crippen molar-refractivity contribution < 1.29 is 9.53 Å². The molecule has 26 heavy (non-hydrogen) atoms. The summed E-state index contributed by atoms with van der Waals surface area (Å²) in [6.07, 6.45) is 0. The van der Waals surface area contributed by atoms with E-state index in [1.165, 1.54) is 11.8 Å². The van der Waals surface area contributed by atoms with Crippen molar-refractivity contribution in [2.24, 2.45) is 5.10 Å². The van der Waals surface area contributed by atoms with E-state index in [9.17, 15) is 4.79 Å². The zero-order valence-corrected chi connectivity index (χ0v) is 15.5. The molecule has 7 heteroatoms. The van der Waals surface area contributed by atoms with Crippen molar-refractivity contribution in [1.82, 2.24) is 15.4 Å². The van der Waals surface area contributed by atoms with Crippen molar-refractivity contribution in [3.8, 4) is 5.75 Å². The summed E-state index contributed by atoms with van der Waals surface area (Å²) in [7, 11) is 0. The summed E-state index contributed by atoms with van der Waals surface area (Å²) in [6.45, 7) is 4.42. The van der Waals surface area contributed by atoms with Gasteiger partial charge in [0.15, 0.2) is 5.16 Å². The molecule has 0 fully saturated rings. The molecule has 0 spiro atoms. The molecule has 0 aliphatic rings. The maximum Gasteiger partial charge on any atom is 0.250 e. The molecule has 0 atom stereocenters. The van der Waals surface area contributed by atoms with E-state index in [0.29, 0.717) is 11.8 Å². The van der Waals surface area contributed by atoms with Gasteiger partial charge in [-0.3, -0.25) is 4.79 Å². The van der Waals surface area contributed by atoms with Crippen LogP contribution in [0.5, 0.6) is 5.75 Å². The Hall–Kier alpha value is -2.80. The van der Waals surface area contributed by atoms with Crippen LogP contribution >= 0.6 is 11.8 Å². The summed E-state index contributed by atoms with van der Waals surface area (Å²) in [5.74, 6) is 0.871. The fourth-order valence-electron chi connectivity index (χ4n) is 2.33. The highest BCUT2D eigenvalue weighted by Gasteiger charge is 2.07. The molecule has 3 aromatic rings. The monoisotopic (exact) mass is 368 g/mol. The fourth-order valence-corrected chi connectivity index (χ4v) is 3.01. The Kier molecular flexibility index (Phi) is 5.91. The number of para-hydroxylation sites is 2. The highest BCUT2D eigenvalue weighted by Crippen LogP contribution is 2.18. The van der Waals surface area contributed by atoms with Crippen LogP contribution in [0, 0.1) is 0 Å². The first kappa shape index (κ1) is 18.0. The van der Waals surface area contributed by atoms with E-state index in [2.05, 4.69) is 20.5 Å². The van der Waals surface area contributed by atoms with Crippen molar-refractivity contribution in [2.75, 3.05) is 12.4 Å². The van der Waals surface area contributed by atoms with Crippen LogP contribution in [-0.2, 0) is 4.79 Å². The lowest BCUT2D eigenvalue weighted by Crippen LogP contribution is -2.21. The number of rotatable bonds is 7. The molecule has 0 bridgehead atoms. The first-order valence-corrected chi connectivity index (χ1v) is 9.28. The average Bonchev–Trinajstić information content (AvgIpc) is 3.08. The molecule has 6 nitrogen and oxygen atoms in total. The third-order valence-electron chi connectivity index (χ3n) is 3.64. The number of ether oxygens (including phenoxy) is 1. The summed E-state index contributed by atoms with van der Waals surface area (Å²) < 4.78 is 5.41. The minimum Gasteiger partial charge on any atom is -0.494 e. The third kappa shape index (κ3) is 4.64. The zero-order chi connectivity index (χ0) is 18.4. The maximum absolute atomic E-state index is 12.0. The Labute approximate surface area is 156 Å². The van der Waals surface area contributed by atoms with E-state index in [1.807, 2.05) is 62.4 Å². The summed E-state index contributed by atoms with van der Waals surface area (Å²) in [5.41, 5.74) is 6.09. The molecule has 0 radical (unpaired) electrons. The highest BCUT2D eigenvalue weighted by molar-refractivity contribution is 7.99. The van der Waals surface area contributed by atoms with Crippen molar-refractivity contribution in [2.45, 2.75) is 19.0 Å². The van der Waals surface area contributed by atoms with Gasteiger partial charge in [-0.15, -0.1) is 0 Å². The number of benzene rings is 2. The van der Waals surface area contributed by atoms with Crippen LogP contribution in [0.3, 0.4) is 0 Å². The largest absolute Gasteiger partial charge is 0.494 e. The van der Waals surface area contributed by atoms with Crippen LogP contribution in [0.4, 0.5) is 0 Å². The Bertz CT molecular complexity index is 886. The summed E-state index contributed by atoms with van der Waals surface area (Å²) in [5, 5.41) is 4.87. The van der Waals surface area contributed by atoms with Crippen LogP contribution < -0.4 is 10.2 Å². The van der Waals surface area contributed by atoms with Gasteiger partial charge in [-0.25, -0.2) is 10.4 Å². The van der Waals surface area contributed by atoms with Crippen LogP contribution in [0.2, 0.25) is 0 Å². The second-order valence-electron chi connectivity index (χ2n) is 5.54. The number of hydrazone groups is 1. The minimum atomic E-state index is -0.180. The smallest absolute Gasteiger partial charge is 0.250 e. The molecule has 2 N–H and O–H groups in total. The molecule has 134 valence electrons. The number of nitrogens with one attached hydrogen (secondary N) is 2. The number of fused-ring (bicyclic) bond motifs is 1. The number of aromatic nitrogens is 2. The third-order valence-corrected chi connectivity index (χ3v) is 4.51. The highest BCUT2D eigenvalue weighted by atomic mass is 32.2. The molecule has 1 amide bonds. The van der Waals surface area contributed by atoms with Crippen molar-refractivity contribution in [3.05, 3.63) is 54.1 Å². The van der Waals surface area contributed by atoms with Gasteiger partial charge >= 0.3 is 0 Å². The van der Waals surface area contributed by atoms with Crippen LogP contribution in [0.1, 0.15) is 19.4 Å². The second-order valence-corrected chi connectivity index (χ2v) is 6.50. The lowest BCUT2D eigenvalue weighted by Gasteiger charge is -2.05. The van der Waals surface area contributed by atoms with Gasteiger partial charge in [0, 0.05) is 0 Å². The SMILES string of the molecule is CCOc1ccc(/C(C)=N\NC(=O)CSc2nc3ccccc3[nH]2)cc1. The number of imidazole rings is 1. The molecule has 1 aromatic heterocycles. The number of nitrogens with zero attached hydrogens (tertiary/aromatic N) is 2. The number of aromatic amines is 1. The van der Waals surface area contributed by atoms with Crippen molar-refractivity contribution >= 4 is 34.4 Å². The number of thioether (sulfide) groups is 1. The van der Waals surface area contributed by atoms with Gasteiger partial charge in [-0.2, -0.15) is 5.10 Å². The van der Waals surface area contributed by atoms with Gasteiger partial charge in [-0.05, 0) is 55.8 Å². The number of carbonyl (C=O) groups excluding carboxylic acids is 1. The number of hydrogen-bond acceptors (Lipinski definition) is 5. The molecule has 0 unspecified atom stereocenters.